The first-order chi connectivity index (χ1) is 17.0. The van der Waals surface area contributed by atoms with Crippen molar-refractivity contribution < 1.29 is 9.21 Å². The fourth-order valence-electron chi connectivity index (χ4n) is 3.87. The highest BCUT2D eigenvalue weighted by atomic mass is 32.2. The van der Waals surface area contributed by atoms with Gasteiger partial charge in [0.2, 0.25) is 0 Å². The van der Waals surface area contributed by atoms with Crippen molar-refractivity contribution in [2.45, 2.75) is 19.9 Å². The molecule has 9 heteroatoms. The molecule has 0 spiro atoms. The third-order valence-electron chi connectivity index (χ3n) is 5.71. The van der Waals surface area contributed by atoms with Crippen molar-refractivity contribution in [3.8, 4) is 0 Å². The molecule has 1 amide bonds. The monoisotopic (exact) mass is 502 g/mol. The number of carbonyl (C=O) groups excluding carboxylic acids is 1. The molecule has 176 valence electrons. The van der Waals surface area contributed by atoms with Gasteiger partial charge in [0, 0.05) is 12.7 Å². The van der Waals surface area contributed by atoms with E-state index in [1.54, 1.807) is 35.6 Å². The van der Waals surface area contributed by atoms with Crippen LogP contribution in [0, 0.1) is 6.92 Å². The molecule has 1 N–H and O–H groups in total. The maximum absolute atomic E-state index is 13.5. The van der Waals surface area contributed by atoms with E-state index in [1.807, 2.05) is 49.4 Å². The van der Waals surface area contributed by atoms with Gasteiger partial charge in [-0.05, 0) is 48.7 Å². The second kappa shape index (κ2) is 9.89. The number of hydrogen-bond donors (Lipinski definition) is 1. The van der Waals surface area contributed by atoms with Gasteiger partial charge in [0.25, 0.3) is 11.5 Å². The molecule has 1 aliphatic heterocycles. The topological polar surface area (TPSA) is 79.9 Å². The Labute approximate surface area is 211 Å². The third-order valence-corrected chi connectivity index (χ3v) is 7.09. The van der Waals surface area contributed by atoms with Crippen molar-refractivity contribution in [1.29, 1.82) is 0 Å². The Morgan fingerprint density at radius 2 is 1.94 bits per heavy atom. The van der Waals surface area contributed by atoms with Crippen LogP contribution in [0.2, 0.25) is 0 Å². The minimum atomic E-state index is -0.268. The average molecular weight is 503 g/mol. The summed E-state index contributed by atoms with van der Waals surface area (Å²) in [6, 6.07) is 17.3. The first-order valence-electron chi connectivity index (χ1n) is 11.1. The molecule has 1 saturated heterocycles. The predicted molar refractivity (Wildman–Crippen MR) is 142 cm³/mol. The summed E-state index contributed by atoms with van der Waals surface area (Å²) in [5.41, 5.74) is 2.57. The second-order valence-electron chi connectivity index (χ2n) is 8.07. The molecule has 0 bridgehead atoms. The van der Waals surface area contributed by atoms with Crippen molar-refractivity contribution in [1.82, 2.24) is 14.3 Å². The Balaban J connectivity index is 1.49. The number of thiocarbonyl (C=S) groups is 1. The molecule has 0 atom stereocenters. The number of nitrogens with one attached hydrogen (secondary N) is 1. The van der Waals surface area contributed by atoms with Crippen LogP contribution in [-0.2, 0) is 17.8 Å². The van der Waals surface area contributed by atoms with Crippen LogP contribution in [0.1, 0.15) is 22.5 Å². The third kappa shape index (κ3) is 4.78. The van der Waals surface area contributed by atoms with E-state index in [1.165, 1.54) is 16.2 Å². The lowest BCUT2D eigenvalue weighted by Gasteiger charge is -2.14. The Hall–Kier alpha value is -3.69. The van der Waals surface area contributed by atoms with Gasteiger partial charge in [0.1, 0.15) is 21.5 Å². The van der Waals surface area contributed by atoms with Gasteiger partial charge in [-0.15, -0.1) is 0 Å². The van der Waals surface area contributed by atoms with E-state index in [4.69, 9.17) is 21.6 Å². The van der Waals surface area contributed by atoms with Gasteiger partial charge in [-0.1, -0.05) is 60.4 Å². The van der Waals surface area contributed by atoms with Crippen LogP contribution >= 0.6 is 24.0 Å². The van der Waals surface area contributed by atoms with Gasteiger partial charge in [0.05, 0.1) is 23.3 Å². The number of benzene rings is 1. The van der Waals surface area contributed by atoms with E-state index in [-0.39, 0.29) is 11.5 Å². The first kappa shape index (κ1) is 23.1. The van der Waals surface area contributed by atoms with Crippen LogP contribution in [-0.4, -0.2) is 31.1 Å². The molecule has 0 aliphatic carbocycles. The summed E-state index contributed by atoms with van der Waals surface area (Å²) < 4.78 is 7.38. The normalized spacial score (nSPS) is 14.9. The molecular weight excluding hydrogens is 480 g/mol. The van der Waals surface area contributed by atoms with Crippen LogP contribution in [0.25, 0.3) is 11.7 Å². The largest absolute Gasteiger partial charge is 0.467 e. The average Bonchev–Trinajstić information content (AvgIpc) is 3.47. The van der Waals surface area contributed by atoms with E-state index < -0.39 is 0 Å². The number of thioether (sulfide) groups is 1. The van der Waals surface area contributed by atoms with Crippen molar-refractivity contribution in [2.24, 2.45) is 0 Å². The molecule has 3 aromatic heterocycles. The molecule has 7 nitrogen and oxygen atoms in total. The number of fused-ring (bicyclic) bond motifs is 1. The van der Waals surface area contributed by atoms with Gasteiger partial charge < -0.3 is 9.73 Å². The number of aryl methyl sites for hydroxylation is 1. The number of aromatic nitrogens is 2. The summed E-state index contributed by atoms with van der Waals surface area (Å²) in [6.45, 7) is 2.72. The van der Waals surface area contributed by atoms with Crippen LogP contribution in [0.5, 0.6) is 0 Å². The molecule has 5 rings (SSSR count). The molecule has 0 saturated carbocycles. The van der Waals surface area contributed by atoms with Crippen molar-refractivity contribution in [3.63, 3.8) is 0 Å². The standard InChI is InChI=1S/C26H22N4O3S2/c1-17-7-5-12-29-23(17)28-22(27-16-19-10-6-14-33-19)20(24(29)31)15-21-25(32)30(26(34)35-21)13-11-18-8-3-2-4-9-18/h2-10,12,14-15,27H,11,13,16H2,1H3/b21-15+. The Bertz CT molecular complexity index is 1490. The van der Waals surface area contributed by atoms with Gasteiger partial charge >= 0.3 is 0 Å². The summed E-state index contributed by atoms with van der Waals surface area (Å²) in [7, 11) is 0. The molecule has 1 fully saturated rings. The summed E-state index contributed by atoms with van der Waals surface area (Å²) in [4.78, 5) is 33.4. The first-order valence-corrected chi connectivity index (χ1v) is 12.3. The number of anilines is 1. The highest BCUT2D eigenvalue weighted by Crippen LogP contribution is 2.33. The highest BCUT2D eigenvalue weighted by molar-refractivity contribution is 8.26. The number of carbonyl (C=O) groups is 1. The Morgan fingerprint density at radius 3 is 2.71 bits per heavy atom. The summed E-state index contributed by atoms with van der Waals surface area (Å²) in [5, 5.41) is 3.20. The number of furan rings is 1. The smallest absolute Gasteiger partial charge is 0.267 e. The number of amides is 1. The van der Waals surface area contributed by atoms with Crippen molar-refractivity contribution in [3.05, 3.63) is 105 Å². The highest BCUT2D eigenvalue weighted by Gasteiger charge is 2.32. The maximum atomic E-state index is 13.5. The zero-order valence-corrected chi connectivity index (χ0v) is 20.6. The minimum absolute atomic E-state index is 0.207. The number of nitrogens with zero attached hydrogens (tertiary/aromatic N) is 3. The predicted octanol–water partition coefficient (Wildman–Crippen LogP) is 4.65. The lowest BCUT2D eigenvalue weighted by molar-refractivity contribution is -0.122. The lowest BCUT2D eigenvalue weighted by atomic mass is 10.1. The van der Waals surface area contributed by atoms with Gasteiger partial charge in [-0.25, -0.2) is 4.98 Å². The lowest BCUT2D eigenvalue weighted by Crippen LogP contribution is -2.30. The molecule has 0 radical (unpaired) electrons. The maximum Gasteiger partial charge on any atom is 0.267 e. The molecule has 4 heterocycles. The van der Waals surface area contributed by atoms with Gasteiger partial charge in [0.15, 0.2) is 0 Å². The Kier molecular flexibility index (Phi) is 6.52. The van der Waals surface area contributed by atoms with Gasteiger partial charge in [-0.3, -0.25) is 18.9 Å². The van der Waals surface area contributed by atoms with Crippen molar-refractivity contribution >= 4 is 51.7 Å². The molecule has 4 aromatic rings. The van der Waals surface area contributed by atoms with E-state index in [9.17, 15) is 9.59 Å². The van der Waals surface area contributed by atoms with Crippen LogP contribution in [0.15, 0.2) is 81.2 Å². The number of hydrogen-bond acceptors (Lipinski definition) is 7. The quantitative estimate of drug-likeness (QED) is 0.291. The molecule has 0 unspecified atom stereocenters. The summed E-state index contributed by atoms with van der Waals surface area (Å²) >= 11 is 6.69. The van der Waals surface area contributed by atoms with E-state index in [2.05, 4.69) is 5.32 Å². The van der Waals surface area contributed by atoms with Crippen molar-refractivity contribution in [2.75, 3.05) is 11.9 Å². The zero-order valence-electron chi connectivity index (χ0n) is 18.9. The fraction of sp³-hybridized carbons (Fsp3) is 0.154. The van der Waals surface area contributed by atoms with E-state index in [0.29, 0.717) is 51.5 Å². The van der Waals surface area contributed by atoms with Crippen LogP contribution in [0.3, 0.4) is 0 Å². The SMILES string of the molecule is Cc1cccn2c(=O)c(/C=C3/SC(=S)N(CCc4ccccc4)C3=O)c(NCc3ccco3)nc12. The zero-order chi connectivity index (χ0) is 24.4. The number of pyridine rings is 1. The second-order valence-corrected chi connectivity index (χ2v) is 9.74. The molecular formula is C26H22N4O3S2. The van der Waals surface area contributed by atoms with Crippen LogP contribution in [0.4, 0.5) is 5.82 Å². The van der Waals surface area contributed by atoms with Gasteiger partial charge in [-0.2, -0.15) is 0 Å². The summed E-state index contributed by atoms with van der Waals surface area (Å²) in [6.07, 6.45) is 5.55. The minimum Gasteiger partial charge on any atom is -0.467 e. The molecule has 1 aromatic carbocycles. The van der Waals surface area contributed by atoms with Crippen LogP contribution < -0.4 is 10.9 Å². The van der Waals surface area contributed by atoms with E-state index in [0.717, 1.165) is 11.1 Å². The summed E-state index contributed by atoms with van der Waals surface area (Å²) in [5.74, 6) is 0.881. The van der Waals surface area contributed by atoms with E-state index >= 15 is 0 Å². The Morgan fingerprint density at radius 1 is 1.11 bits per heavy atom. The fourth-order valence-corrected chi connectivity index (χ4v) is 5.16. The molecule has 35 heavy (non-hydrogen) atoms. The number of rotatable bonds is 7. The molecule has 1 aliphatic rings.